The van der Waals surface area contributed by atoms with E-state index in [1.165, 1.54) is 4.73 Å². The van der Waals surface area contributed by atoms with Crippen molar-refractivity contribution in [2.24, 2.45) is 0 Å². The van der Waals surface area contributed by atoms with Gasteiger partial charge in [0.25, 0.3) is 0 Å². The second-order valence-electron chi connectivity index (χ2n) is 5.78. The molecule has 0 saturated carbocycles. The average molecular weight is 370 g/mol. The number of phosphoric ester groups is 1. The predicted octanol–water partition coefficient (Wildman–Crippen LogP) is 4.25. The monoisotopic (exact) mass is 370 g/mol. The van der Waals surface area contributed by atoms with Gasteiger partial charge in [0.2, 0.25) is 12.4 Å². The van der Waals surface area contributed by atoms with Crippen LogP contribution in [0.15, 0.2) is 85.2 Å². The topological polar surface area (TPSA) is 48.6 Å². The largest absolute Gasteiger partial charge is 0.586 e. The van der Waals surface area contributed by atoms with Crippen LogP contribution in [-0.2, 0) is 26.8 Å². The number of hydrogen-bond donors (Lipinski definition) is 0. The summed E-state index contributed by atoms with van der Waals surface area (Å²) in [6.45, 7) is 2.21. The van der Waals surface area contributed by atoms with E-state index in [4.69, 9.17) is 13.7 Å². The molecule has 2 aromatic carbocycles. The number of pyridine rings is 1. The fourth-order valence-electron chi connectivity index (χ4n) is 2.20. The van der Waals surface area contributed by atoms with Crippen LogP contribution >= 0.6 is 7.82 Å². The number of aryl methyl sites for hydroxylation is 1. The fraction of sp³-hybridized carbons (Fsp3) is 0.150. The molecule has 5 nitrogen and oxygen atoms in total. The minimum atomic E-state index is -3.82. The second-order valence-corrected chi connectivity index (χ2v) is 7.36. The zero-order chi connectivity index (χ0) is 18.2. The lowest BCUT2D eigenvalue weighted by Gasteiger charge is -2.14. The molecule has 0 aliphatic heterocycles. The summed E-state index contributed by atoms with van der Waals surface area (Å²) in [6.07, 6.45) is 3.33. The number of aromatic nitrogens is 1. The summed E-state index contributed by atoms with van der Waals surface area (Å²) in [5, 5.41) is 0. The van der Waals surface area contributed by atoms with Gasteiger partial charge in [-0.15, -0.1) is 0 Å². The molecule has 0 saturated heterocycles. The SMILES string of the molecule is Cc1cc[n+](OP(=O)(OCc2ccccc2)OCc2ccccc2)cc1. The summed E-state index contributed by atoms with van der Waals surface area (Å²) in [5.41, 5.74) is 2.83. The lowest BCUT2D eigenvalue weighted by molar-refractivity contribution is -0.861. The molecule has 134 valence electrons. The molecule has 0 spiro atoms. The first kappa shape index (κ1) is 18.3. The molecule has 0 aliphatic rings. The van der Waals surface area contributed by atoms with Gasteiger partial charge in [-0.1, -0.05) is 60.7 Å². The van der Waals surface area contributed by atoms with Crippen molar-refractivity contribution in [2.45, 2.75) is 20.1 Å². The van der Waals surface area contributed by atoms with Gasteiger partial charge >= 0.3 is 7.82 Å². The standard InChI is InChI=1S/C20H21NO4P/c1-18-12-14-21(15-13-18)25-26(22,23-16-19-8-4-2-5-9-19)24-17-20-10-6-3-7-11-20/h2-15H,16-17H2,1H3/q+1. The van der Waals surface area contributed by atoms with Crippen LogP contribution in [0.3, 0.4) is 0 Å². The second kappa shape index (κ2) is 8.77. The van der Waals surface area contributed by atoms with Crippen molar-refractivity contribution in [3.8, 4) is 0 Å². The van der Waals surface area contributed by atoms with Crippen molar-refractivity contribution in [1.29, 1.82) is 0 Å². The van der Waals surface area contributed by atoms with Gasteiger partial charge in [0.05, 0.1) is 13.2 Å². The van der Waals surface area contributed by atoms with Crippen LogP contribution in [0.25, 0.3) is 0 Å². The maximum Gasteiger partial charge on any atom is 0.586 e. The molecule has 26 heavy (non-hydrogen) atoms. The highest BCUT2D eigenvalue weighted by molar-refractivity contribution is 7.48. The summed E-state index contributed by atoms with van der Waals surface area (Å²) >= 11 is 0. The Morgan fingerprint density at radius 1 is 0.769 bits per heavy atom. The predicted molar refractivity (Wildman–Crippen MR) is 98.0 cm³/mol. The van der Waals surface area contributed by atoms with E-state index < -0.39 is 7.82 Å². The Hall–Kier alpha value is -2.46. The molecule has 0 bridgehead atoms. The minimum Gasteiger partial charge on any atom is -0.269 e. The lowest BCUT2D eigenvalue weighted by Crippen LogP contribution is -2.40. The van der Waals surface area contributed by atoms with E-state index in [2.05, 4.69) is 0 Å². The summed E-state index contributed by atoms with van der Waals surface area (Å²) < 4.78 is 31.1. The smallest absolute Gasteiger partial charge is 0.269 e. The van der Waals surface area contributed by atoms with E-state index in [-0.39, 0.29) is 13.2 Å². The quantitative estimate of drug-likeness (QED) is 0.439. The Morgan fingerprint density at radius 2 is 1.23 bits per heavy atom. The maximum absolute atomic E-state index is 13.1. The van der Waals surface area contributed by atoms with Crippen molar-refractivity contribution in [2.75, 3.05) is 0 Å². The number of hydrogen-bond acceptors (Lipinski definition) is 4. The van der Waals surface area contributed by atoms with Crippen LogP contribution in [0.1, 0.15) is 16.7 Å². The number of benzene rings is 2. The van der Waals surface area contributed by atoms with Crippen LogP contribution in [0.4, 0.5) is 0 Å². The Kier molecular flexibility index (Phi) is 6.18. The molecule has 0 atom stereocenters. The van der Waals surface area contributed by atoms with Crippen molar-refractivity contribution in [3.63, 3.8) is 0 Å². The maximum atomic E-state index is 13.1. The number of phosphoric acid groups is 1. The zero-order valence-corrected chi connectivity index (χ0v) is 15.4. The molecule has 0 aliphatic carbocycles. The molecule has 0 amide bonds. The molecule has 3 aromatic rings. The van der Waals surface area contributed by atoms with Gasteiger partial charge in [0.1, 0.15) is 0 Å². The molecule has 1 aromatic heterocycles. The highest BCUT2D eigenvalue weighted by Gasteiger charge is 2.34. The molecule has 0 fully saturated rings. The Balaban J connectivity index is 1.72. The molecule has 0 N–H and O–H groups in total. The fourth-order valence-corrected chi connectivity index (χ4v) is 3.32. The number of nitrogens with zero attached hydrogens (tertiary/aromatic N) is 1. The van der Waals surface area contributed by atoms with Gasteiger partial charge in [0, 0.05) is 16.9 Å². The van der Waals surface area contributed by atoms with Crippen LogP contribution in [-0.4, -0.2) is 0 Å². The van der Waals surface area contributed by atoms with Gasteiger partial charge in [-0.25, -0.2) is 4.57 Å². The van der Waals surface area contributed by atoms with E-state index >= 15 is 0 Å². The third kappa shape index (κ3) is 5.53. The van der Waals surface area contributed by atoms with Gasteiger partial charge in [-0.3, -0.25) is 9.05 Å². The summed E-state index contributed by atoms with van der Waals surface area (Å²) in [5.74, 6) is 0. The summed E-state index contributed by atoms with van der Waals surface area (Å²) in [6, 6.07) is 22.6. The number of rotatable bonds is 8. The third-order valence-corrected chi connectivity index (χ3v) is 4.91. The average Bonchev–Trinajstić information content (AvgIpc) is 2.69. The van der Waals surface area contributed by atoms with Crippen molar-refractivity contribution >= 4 is 7.82 Å². The van der Waals surface area contributed by atoms with Gasteiger partial charge in [0.15, 0.2) is 0 Å². The van der Waals surface area contributed by atoms with E-state index in [9.17, 15) is 4.57 Å². The molecule has 6 heteroatoms. The zero-order valence-electron chi connectivity index (χ0n) is 14.5. The first-order valence-electron chi connectivity index (χ1n) is 8.28. The summed E-state index contributed by atoms with van der Waals surface area (Å²) in [7, 11) is -3.82. The van der Waals surface area contributed by atoms with Crippen LogP contribution in [0, 0.1) is 6.92 Å². The van der Waals surface area contributed by atoms with Crippen molar-refractivity contribution < 1.29 is 23.0 Å². The van der Waals surface area contributed by atoms with Gasteiger partial charge < -0.3 is 0 Å². The van der Waals surface area contributed by atoms with Gasteiger partial charge in [-0.2, -0.15) is 4.62 Å². The van der Waals surface area contributed by atoms with E-state index in [0.717, 1.165) is 16.7 Å². The minimum absolute atomic E-state index is 0.124. The van der Waals surface area contributed by atoms with E-state index in [0.29, 0.717) is 0 Å². The molecular formula is C20H21NO4P+. The first-order valence-corrected chi connectivity index (χ1v) is 9.74. The van der Waals surface area contributed by atoms with E-state index in [1.54, 1.807) is 12.4 Å². The Labute approximate surface area is 153 Å². The van der Waals surface area contributed by atoms with Crippen molar-refractivity contribution in [3.05, 3.63) is 102 Å². The molecule has 1 heterocycles. The molecule has 0 radical (unpaired) electrons. The normalized spacial score (nSPS) is 11.3. The molecule has 0 unspecified atom stereocenters. The lowest BCUT2D eigenvalue weighted by atomic mass is 10.2. The Morgan fingerprint density at radius 3 is 1.69 bits per heavy atom. The van der Waals surface area contributed by atoms with E-state index in [1.807, 2.05) is 79.7 Å². The Bertz CT molecular complexity index is 806. The van der Waals surface area contributed by atoms with Crippen LogP contribution in [0.5, 0.6) is 0 Å². The first-order chi connectivity index (χ1) is 12.6. The highest BCUT2D eigenvalue weighted by Crippen LogP contribution is 2.46. The summed E-state index contributed by atoms with van der Waals surface area (Å²) in [4.78, 5) is 0. The van der Waals surface area contributed by atoms with Crippen molar-refractivity contribution in [1.82, 2.24) is 0 Å². The van der Waals surface area contributed by atoms with Crippen LogP contribution < -0.4 is 9.35 Å². The molecular weight excluding hydrogens is 349 g/mol. The molecule has 3 rings (SSSR count). The van der Waals surface area contributed by atoms with Gasteiger partial charge in [-0.05, 0) is 23.6 Å². The highest BCUT2D eigenvalue weighted by atomic mass is 31.2. The third-order valence-electron chi connectivity index (χ3n) is 3.63. The van der Waals surface area contributed by atoms with Crippen LogP contribution in [0.2, 0.25) is 0 Å².